The van der Waals surface area contributed by atoms with E-state index in [2.05, 4.69) is 30.7 Å². The number of hydrogen-bond donors (Lipinski definition) is 6. The lowest BCUT2D eigenvalue weighted by Gasteiger charge is -2.10. The Morgan fingerprint density at radius 2 is 0.939 bits per heavy atom. The Kier molecular flexibility index (Phi) is 9.49. The number of nitrogens with zero attached hydrogens (tertiary/aromatic N) is 6. The van der Waals surface area contributed by atoms with Crippen molar-refractivity contribution < 1.29 is 25.9 Å². The van der Waals surface area contributed by atoms with Gasteiger partial charge in [-0.3, -0.25) is 9.11 Å². The number of aryl methyl sites for hydroxylation is 1. The summed E-state index contributed by atoms with van der Waals surface area (Å²) in [6, 6.07) is 23.5. The molecule has 0 aliphatic heterocycles. The molecule has 0 amide bonds. The number of nitrogen functional groups attached to an aromatic ring is 4. The van der Waals surface area contributed by atoms with Crippen molar-refractivity contribution in [3.63, 3.8) is 0 Å². The summed E-state index contributed by atoms with van der Waals surface area (Å²) in [7, 11) is -8.92. The lowest BCUT2D eigenvalue weighted by Crippen LogP contribution is -2.06. The van der Waals surface area contributed by atoms with Crippen molar-refractivity contribution in [1.29, 1.82) is 0 Å². The molecule has 5 aromatic carbocycles. The summed E-state index contributed by atoms with van der Waals surface area (Å²) < 4.78 is 64.4. The highest BCUT2D eigenvalue weighted by molar-refractivity contribution is 7.86. The van der Waals surface area contributed by atoms with E-state index in [1.807, 2.05) is 24.3 Å². The first kappa shape index (κ1) is 34.3. The Hall–Kier alpha value is -6.08. The van der Waals surface area contributed by atoms with Gasteiger partial charge in [0.05, 0.1) is 44.7 Å². The Morgan fingerprint density at radius 1 is 0.510 bits per heavy atom. The second kappa shape index (κ2) is 13.6. The molecule has 18 heteroatoms. The van der Waals surface area contributed by atoms with Crippen LogP contribution in [0.3, 0.4) is 0 Å². The van der Waals surface area contributed by atoms with Gasteiger partial charge in [-0.05, 0) is 90.3 Å². The van der Waals surface area contributed by atoms with Gasteiger partial charge in [0.2, 0.25) is 0 Å². The number of rotatable bonds is 9. The van der Waals surface area contributed by atoms with Crippen LogP contribution in [0.1, 0.15) is 5.56 Å². The van der Waals surface area contributed by atoms with Crippen LogP contribution in [0.25, 0.3) is 11.1 Å². The quantitative estimate of drug-likeness (QED) is 0.0494. The molecule has 10 N–H and O–H groups in total. The molecule has 16 nitrogen and oxygen atoms in total. The fourth-order valence-electron chi connectivity index (χ4n) is 4.36. The van der Waals surface area contributed by atoms with E-state index in [0.29, 0.717) is 28.3 Å². The lowest BCUT2D eigenvalue weighted by molar-refractivity contribution is 0.481. The van der Waals surface area contributed by atoms with Crippen molar-refractivity contribution in [2.24, 2.45) is 30.7 Å². The maximum Gasteiger partial charge on any atom is 0.296 e. The second-order valence-corrected chi connectivity index (χ2v) is 13.3. The molecular weight excluding hydrogens is 673 g/mol. The number of benzene rings is 5. The minimum absolute atomic E-state index is 0.0610. The molecule has 0 bridgehead atoms. The lowest BCUT2D eigenvalue weighted by atomic mass is 10.1. The van der Waals surface area contributed by atoms with E-state index in [9.17, 15) is 21.4 Å². The van der Waals surface area contributed by atoms with E-state index in [0.717, 1.165) is 11.1 Å². The summed E-state index contributed by atoms with van der Waals surface area (Å²) in [4.78, 5) is -0.772. The fraction of sp³-hybridized carbons (Fsp3) is 0.0323. The van der Waals surface area contributed by atoms with Crippen LogP contribution in [-0.2, 0) is 20.2 Å². The summed E-state index contributed by atoms with van der Waals surface area (Å²) in [6.45, 7) is 1.56. The second-order valence-electron chi connectivity index (χ2n) is 10.5. The predicted octanol–water partition coefficient (Wildman–Crippen LogP) is 7.73. The first-order valence-electron chi connectivity index (χ1n) is 14.0. The number of azo groups is 3. The van der Waals surface area contributed by atoms with Gasteiger partial charge in [0.25, 0.3) is 20.2 Å². The van der Waals surface area contributed by atoms with Gasteiger partial charge in [-0.25, -0.2) is 0 Å². The molecule has 5 rings (SSSR count). The van der Waals surface area contributed by atoms with Crippen molar-refractivity contribution in [1.82, 2.24) is 0 Å². The largest absolute Gasteiger partial charge is 0.397 e. The van der Waals surface area contributed by atoms with Crippen molar-refractivity contribution in [2.75, 3.05) is 22.9 Å². The molecule has 0 aliphatic carbocycles. The summed E-state index contributed by atoms with van der Waals surface area (Å²) in [5, 5.41) is 24.8. The molecular formula is C31H28N10O6S2. The van der Waals surface area contributed by atoms with Crippen LogP contribution in [-0.4, -0.2) is 25.9 Å². The first-order chi connectivity index (χ1) is 23.1. The minimum Gasteiger partial charge on any atom is -0.397 e. The molecule has 0 saturated carbocycles. The monoisotopic (exact) mass is 700 g/mol. The SMILES string of the molecule is Cc1cc(S(=O)(=O)O)c(N)c(N=Nc2ccc(-c3ccc(N=Nc4cc(N=Nc5ccc(S(=O)(=O)O)cc5)c(N)cc4N)cc3)cc2)c1N. The van der Waals surface area contributed by atoms with Crippen molar-refractivity contribution in [2.45, 2.75) is 16.7 Å². The topological polar surface area (TPSA) is 287 Å². The molecule has 0 atom stereocenters. The maximum atomic E-state index is 11.7. The molecule has 0 saturated heterocycles. The number of hydrogen-bond acceptors (Lipinski definition) is 14. The summed E-state index contributed by atoms with van der Waals surface area (Å²) >= 11 is 0. The third-order valence-electron chi connectivity index (χ3n) is 7.02. The number of anilines is 4. The van der Waals surface area contributed by atoms with Gasteiger partial charge in [0, 0.05) is 0 Å². The van der Waals surface area contributed by atoms with Crippen LogP contribution in [0.5, 0.6) is 0 Å². The van der Waals surface area contributed by atoms with E-state index in [1.165, 1.54) is 42.5 Å². The highest BCUT2D eigenvalue weighted by atomic mass is 32.2. The third-order valence-corrected chi connectivity index (χ3v) is 8.78. The Labute approximate surface area is 280 Å². The zero-order chi connectivity index (χ0) is 35.5. The summed E-state index contributed by atoms with van der Waals surface area (Å²) in [5.41, 5.74) is 28.3. The van der Waals surface area contributed by atoms with Gasteiger partial charge in [0.15, 0.2) is 0 Å². The van der Waals surface area contributed by atoms with Gasteiger partial charge in [-0.2, -0.15) is 32.2 Å². The third kappa shape index (κ3) is 8.08. The molecule has 0 radical (unpaired) electrons. The highest BCUT2D eigenvalue weighted by Gasteiger charge is 2.20. The van der Waals surface area contributed by atoms with Crippen molar-refractivity contribution in [3.05, 3.63) is 96.6 Å². The van der Waals surface area contributed by atoms with Gasteiger partial charge < -0.3 is 22.9 Å². The van der Waals surface area contributed by atoms with E-state index in [4.69, 9.17) is 27.5 Å². The summed E-state index contributed by atoms with van der Waals surface area (Å²) in [6.07, 6.45) is 0. The van der Waals surface area contributed by atoms with E-state index >= 15 is 0 Å². The fourth-order valence-corrected chi connectivity index (χ4v) is 5.54. The van der Waals surface area contributed by atoms with Crippen LogP contribution in [0.15, 0.2) is 131 Å². The van der Waals surface area contributed by atoms with Crippen LogP contribution >= 0.6 is 0 Å². The van der Waals surface area contributed by atoms with Gasteiger partial charge in [-0.1, -0.05) is 24.3 Å². The Bertz CT molecular complexity index is 2360. The van der Waals surface area contributed by atoms with Crippen LogP contribution in [0.4, 0.5) is 56.9 Å². The average molecular weight is 701 g/mol. The molecule has 0 aliphatic rings. The summed E-state index contributed by atoms with van der Waals surface area (Å²) in [5.74, 6) is 0. The molecule has 250 valence electrons. The standard InChI is InChI=1S/C31H28N10O6S2/c1-17-14-28(49(45,46)47)30(35)31(29(17)34)41-38-21-8-4-19(5-9-21)18-2-6-20(7-3-18)36-39-26-16-27(25(33)15-24(26)32)40-37-22-10-12-23(13-11-22)48(42,43)44/h2-16H,32-35H2,1H3,(H,42,43,44)(H,45,46,47). The number of nitrogens with two attached hydrogens (primary N) is 4. The van der Waals surface area contributed by atoms with E-state index in [1.54, 1.807) is 31.2 Å². The van der Waals surface area contributed by atoms with Crippen LogP contribution in [0, 0.1) is 6.92 Å². The van der Waals surface area contributed by atoms with E-state index < -0.39 is 25.1 Å². The highest BCUT2D eigenvalue weighted by Crippen LogP contribution is 2.39. The van der Waals surface area contributed by atoms with Crippen LogP contribution < -0.4 is 22.9 Å². The predicted molar refractivity (Wildman–Crippen MR) is 186 cm³/mol. The Balaban J connectivity index is 1.29. The smallest absolute Gasteiger partial charge is 0.296 e. The van der Waals surface area contributed by atoms with Crippen molar-refractivity contribution in [3.8, 4) is 11.1 Å². The van der Waals surface area contributed by atoms with Gasteiger partial charge in [0.1, 0.15) is 22.0 Å². The molecule has 0 heterocycles. The normalized spacial score (nSPS) is 12.4. The maximum absolute atomic E-state index is 11.7. The molecule has 0 unspecified atom stereocenters. The zero-order valence-corrected chi connectivity index (χ0v) is 27.1. The van der Waals surface area contributed by atoms with Crippen molar-refractivity contribution >= 4 is 77.1 Å². The average Bonchev–Trinajstić information content (AvgIpc) is 3.05. The molecule has 49 heavy (non-hydrogen) atoms. The van der Waals surface area contributed by atoms with E-state index in [-0.39, 0.29) is 39.0 Å². The molecule has 0 aromatic heterocycles. The van der Waals surface area contributed by atoms with Gasteiger partial charge >= 0.3 is 0 Å². The van der Waals surface area contributed by atoms with Crippen LogP contribution in [0.2, 0.25) is 0 Å². The first-order valence-corrected chi connectivity index (χ1v) is 16.9. The Morgan fingerprint density at radius 3 is 1.37 bits per heavy atom. The molecule has 5 aromatic rings. The molecule has 0 spiro atoms. The molecule has 0 fully saturated rings. The zero-order valence-electron chi connectivity index (χ0n) is 25.5. The minimum atomic E-state index is -4.59. The van der Waals surface area contributed by atoms with Gasteiger partial charge in [-0.15, -0.1) is 15.3 Å².